The summed E-state index contributed by atoms with van der Waals surface area (Å²) < 4.78 is 23.5. The minimum Gasteiger partial charge on any atom is -0.460 e. The third kappa shape index (κ3) is 14.1. The lowest BCUT2D eigenvalue weighted by Crippen LogP contribution is -2.60. The SMILES string of the molecule is COC1C(=O)[C@H](C)C[C@H](C)/C=C/C=C/C=C(\C)CC[C@@H]2CC[C@@H](C)[C@@](O)(O2)C(=O)C(=O)N2CCCC[C@H]2C(=O)OC([C@H](C)C[C@@H]2CCC(O)[C@H](OC)C2)CC(=O)[C@H](C)/C=C(\C)[C@H]1O. The Labute approximate surface area is 375 Å². The first kappa shape index (κ1) is 52.3. The number of carbonyl (C=O) groups excluding carboxylic acids is 5. The number of ketones is 3. The quantitative estimate of drug-likeness (QED) is 0.154. The highest BCUT2D eigenvalue weighted by molar-refractivity contribution is 6.39. The standard InChI is InChI=1S/C50H77NO12/c1-30-15-11-10-12-16-31(2)25-34(5)44(54)46(61-9)45(55)35(6)26-32(3)41(53)29-42(33(4)27-37-20-23-40(52)43(28-37)60-8)62-49(58)39-17-13-14-24-51(39)48(57)47(56)50(59)36(7)19-22-38(63-50)21-18-30/h10-12,15-16,26,31-34,36-40,42-43,45-46,52,55,59H,13-14,17-25,27-29H2,1-9H3/b11-10+,16-12+,30-15+,35-26+/t31-,32-,33-,34-,36-,37+,38-,39+,40?,42?,43-,45-,46?,50-/m1/s1. The molecule has 0 spiro atoms. The Hall–Kier alpha value is -3.33. The van der Waals surface area contributed by atoms with Crippen molar-refractivity contribution in [3.63, 3.8) is 0 Å². The van der Waals surface area contributed by atoms with Gasteiger partial charge in [-0.2, -0.15) is 0 Å². The van der Waals surface area contributed by atoms with Crippen molar-refractivity contribution in [3.05, 3.63) is 47.6 Å². The van der Waals surface area contributed by atoms with Gasteiger partial charge in [0.15, 0.2) is 5.78 Å². The highest BCUT2D eigenvalue weighted by atomic mass is 16.6. The lowest BCUT2D eigenvalue weighted by atomic mass is 9.78. The number of carbonyl (C=O) groups is 5. The summed E-state index contributed by atoms with van der Waals surface area (Å²) in [6.45, 7) is 12.9. The second-order valence-electron chi connectivity index (χ2n) is 19.3. The van der Waals surface area contributed by atoms with Crippen LogP contribution in [0.4, 0.5) is 0 Å². The summed E-state index contributed by atoms with van der Waals surface area (Å²) in [6, 6.07) is -1.11. The van der Waals surface area contributed by atoms with Crippen LogP contribution in [0.15, 0.2) is 47.6 Å². The predicted molar refractivity (Wildman–Crippen MR) is 239 cm³/mol. The minimum atomic E-state index is -2.36. The van der Waals surface area contributed by atoms with Gasteiger partial charge >= 0.3 is 5.97 Å². The van der Waals surface area contributed by atoms with Crippen LogP contribution in [0.3, 0.4) is 0 Å². The van der Waals surface area contributed by atoms with Crippen LogP contribution in [-0.4, -0.2) is 119 Å². The number of methoxy groups -OCH3 is 2. The summed E-state index contributed by atoms with van der Waals surface area (Å²) in [4.78, 5) is 71.4. The fraction of sp³-hybridized carbons (Fsp3) is 0.740. The number of esters is 1. The molecule has 0 radical (unpaired) electrons. The van der Waals surface area contributed by atoms with Crippen LogP contribution in [0.25, 0.3) is 0 Å². The van der Waals surface area contributed by atoms with Gasteiger partial charge in [0.05, 0.1) is 18.3 Å². The van der Waals surface area contributed by atoms with Crippen LogP contribution in [0.5, 0.6) is 0 Å². The molecule has 63 heavy (non-hydrogen) atoms. The van der Waals surface area contributed by atoms with Gasteiger partial charge in [-0.1, -0.05) is 76.6 Å². The Morgan fingerprint density at radius 1 is 0.889 bits per heavy atom. The molecule has 0 aromatic carbocycles. The van der Waals surface area contributed by atoms with Gasteiger partial charge in [0, 0.05) is 44.9 Å². The van der Waals surface area contributed by atoms with Gasteiger partial charge in [-0.05, 0) is 114 Å². The van der Waals surface area contributed by atoms with Gasteiger partial charge in [0.1, 0.15) is 30.1 Å². The highest BCUT2D eigenvalue weighted by Gasteiger charge is 2.53. The van der Waals surface area contributed by atoms with Gasteiger partial charge in [-0.25, -0.2) is 4.79 Å². The first-order chi connectivity index (χ1) is 29.8. The molecule has 1 saturated carbocycles. The Bertz CT molecular complexity index is 1700. The molecule has 4 aliphatic rings. The molecule has 14 atom stereocenters. The second-order valence-corrected chi connectivity index (χ2v) is 19.3. The Balaban J connectivity index is 1.67. The average molecular weight is 884 g/mol. The lowest BCUT2D eigenvalue weighted by molar-refractivity contribution is -0.263. The molecule has 3 aliphatic heterocycles. The molecule has 3 N–H and O–H groups in total. The number of hydrogen-bond donors (Lipinski definition) is 3. The summed E-state index contributed by atoms with van der Waals surface area (Å²) in [5.74, 6) is -7.65. The largest absolute Gasteiger partial charge is 0.460 e. The number of allylic oxidation sites excluding steroid dienone is 7. The fourth-order valence-corrected chi connectivity index (χ4v) is 9.82. The zero-order valence-electron chi connectivity index (χ0n) is 39.3. The number of piperidine rings is 1. The van der Waals surface area contributed by atoms with Crippen LogP contribution >= 0.6 is 0 Å². The van der Waals surface area contributed by atoms with Gasteiger partial charge < -0.3 is 39.2 Å². The summed E-state index contributed by atoms with van der Waals surface area (Å²) in [5.41, 5.74) is 1.46. The Kier molecular flexibility index (Phi) is 20.1. The normalized spacial score (nSPS) is 40.1. The van der Waals surface area contributed by atoms with E-state index in [9.17, 15) is 39.3 Å². The maximum absolute atomic E-state index is 14.3. The predicted octanol–water partition coefficient (Wildman–Crippen LogP) is 6.56. The highest BCUT2D eigenvalue weighted by Crippen LogP contribution is 2.37. The van der Waals surface area contributed by atoms with Crippen LogP contribution in [0.1, 0.15) is 132 Å². The lowest BCUT2D eigenvalue weighted by Gasteiger charge is -2.42. The van der Waals surface area contributed by atoms with Crippen LogP contribution in [0.2, 0.25) is 0 Å². The third-order valence-electron chi connectivity index (χ3n) is 14.1. The van der Waals surface area contributed by atoms with Crippen molar-refractivity contribution in [2.45, 2.75) is 180 Å². The Morgan fingerprint density at radius 3 is 2.32 bits per heavy atom. The minimum absolute atomic E-state index is 0.0501. The smallest absolute Gasteiger partial charge is 0.329 e. The molecular formula is C50H77NO12. The first-order valence-electron chi connectivity index (χ1n) is 23.4. The molecule has 1 amide bonds. The van der Waals surface area contributed by atoms with Crippen molar-refractivity contribution in [2.24, 2.45) is 35.5 Å². The number of nitrogens with zero attached hydrogens (tertiary/aromatic N) is 1. The summed E-state index contributed by atoms with van der Waals surface area (Å²) in [7, 11) is 2.95. The van der Waals surface area contributed by atoms with E-state index in [2.05, 4.69) is 0 Å². The molecule has 354 valence electrons. The van der Waals surface area contributed by atoms with Gasteiger partial charge in [0.25, 0.3) is 11.7 Å². The van der Waals surface area contributed by atoms with E-state index in [0.717, 1.165) is 12.0 Å². The molecule has 13 heteroatoms. The van der Waals surface area contributed by atoms with Crippen molar-refractivity contribution >= 4 is 29.2 Å². The molecular weight excluding hydrogens is 807 g/mol. The fourth-order valence-electron chi connectivity index (χ4n) is 9.82. The van der Waals surface area contributed by atoms with E-state index >= 15 is 0 Å². The second kappa shape index (κ2) is 24.3. The third-order valence-corrected chi connectivity index (χ3v) is 14.1. The molecule has 1 aliphatic carbocycles. The molecule has 2 saturated heterocycles. The number of amides is 1. The number of aliphatic hydroxyl groups excluding tert-OH is 2. The number of cyclic esters (lactones) is 1. The van der Waals surface area contributed by atoms with Gasteiger partial charge in [-0.3, -0.25) is 19.2 Å². The van der Waals surface area contributed by atoms with Crippen LogP contribution < -0.4 is 0 Å². The Morgan fingerprint density at radius 2 is 1.62 bits per heavy atom. The topological polar surface area (TPSA) is 186 Å². The number of fused-ring (bicyclic) bond motifs is 3. The average Bonchev–Trinajstić information content (AvgIpc) is 3.26. The number of aliphatic hydroxyl groups is 3. The van der Waals surface area contributed by atoms with Gasteiger partial charge in [-0.15, -0.1) is 0 Å². The molecule has 3 fully saturated rings. The van der Waals surface area contributed by atoms with Gasteiger partial charge in [0.2, 0.25) is 5.79 Å². The molecule has 13 nitrogen and oxygen atoms in total. The summed E-state index contributed by atoms with van der Waals surface area (Å²) in [6.07, 6.45) is 13.1. The van der Waals surface area contributed by atoms with E-state index in [-0.39, 0.29) is 54.8 Å². The van der Waals surface area contributed by atoms with Crippen molar-refractivity contribution in [1.29, 1.82) is 0 Å². The number of Topliss-reactive ketones (excluding diaryl/α,β-unsaturated/α-hetero) is 3. The van der Waals surface area contributed by atoms with E-state index in [1.54, 1.807) is 34.0 Å². The molecule has 3 unspecified atom stereocenters. The van der Waals surface area contributed by atoms with E-state index in [1.165, 1.54) is 12.0 Å². The number of ether oxygens (including phenoxy) is 4. The van der Waals surface area contributed by atoms with E-state index in [0.29, 0.717) is 69.8 Å². The van der Waals surface area contributed by atoms with E-state index in [1.807, 2.05) is 58.1 Å². The zero-order chi connectivity index (χ0) is 46.6. The molecule has 3 heterocycles. The van der Waals surface area contributed by atoms with E-state index in [4.69, 9.17) is 18.9 Å². The van der Waals surface area contributed by atoms with Crippen molar-refractivity contribution in [3.8, 4) is 0 Å². The molecule has 0 aromatic rings. The molecule has 4 rings (SSSR count). The zero-order valence-corrected chi connectivity index (χ0v) is 39.3. The van der Waals surface area contributed by atoms with Crippen LogP contribution in [-0.2, 0) is 42.9 Å². The van der Waals surface area contributed by atoms with Crippen molar-refractivity contribution in [2.75, 3.05) is 20.8 Å². The maximum Gasteiger partial charge on any atom is 0.329 e. The summed E-state index contributed by atoms with van der Waals surface area (Å²) >= 11 is 0. The maximum atomic E-state index is 14.3. The summed E-state index contributed by atoms with van der Waals surface area (Å²) in [5, 5.41) is 33.7. The number of hydrogen-bond acceptors (Lipinski definition) is 12. The van der Waals surface area contributed by atoms with E-state index < -0.39 is 77.8 Å². The molecule has 0 aromatic heterocycles. The van der Waals surface area contributed by atoms with Crippen LogP contribution in [0, 0.1) is 35.5 Å². The number of rotatable bonds is 5. The van der Waals surface area contributed by atoms with Crippen molar-refractivity contribution < 1.29 is 58.2 Å². The monoisotopic (exact) mass is 884 g/mol. The van der Waals surface area contributed by atoms with Crippen molar-refractivity contribution in [1.82, 2.24) is 4.90 Å². The molecule has 2 bridgehead atoms. The first-order valence-corrected chi connectivity index (χ1v) is 23.4.